The van der Waals surface area contributed by atoms with Crippen LogP contribution in [-0.4, -0.2) is 32.8 Å². The van der Waals surface area contributed by atoms with Gasteiger partial charge in [0, 0.05) is 30.9 Å². The van der Waals surface area contributed by atoms with Gasteiger partial charge in [-0.25, -0.2) is 9.67 Å². The molecular weight excluding hydrogens is 226 g/mol. The van der Waals surface area contributed by atoms with Gasteiger partial charge >= 0.3 is 0 Å². The Bertz CT molecular complexity index is 513. The van der Waals surface area contributed by atoms with E-state index >= 15 is 0 Å². The number of rotatable bonds is 2. The van der Waals surface area contributed by atoms with Crippen LogP contribution in [0.2, 0.25) is 0 Å². The third-order valence-corrected chi connectivity index (χ3v) is 3.42. The van der Waals surface area contributed by atoms with E-state index in [2.05, 4.69) is 15.4 Å². The molecule has 1 N–H and O–H groups in total. The fourth-order valence-electron chi connectivity index (χ4n) is 2.41. The van der Waals surface area contributed by atoms with Crippen molar-refractivity contribution >= 4 is 0 Å². The molecule has 5 nitrogen and oxygen atoms in total. The molecule has 3 heterocycles. The second-order valence-electron chi connectivity index (χ2n) is 4.68. The van der Waals surface area contributed by atoms with E-state index in [0.717, 1.165) is 43.1 Å². The molecule has 0 unspecified atom stereocenters. The van der Waals surface area contributed by atoms with Crippen LogP contribution in [0.25, 0.3) is 11.4 Å². The van der Waals surface area contributed by atoms with Crippen molar-refractivity contribution in [1.29, 1.82) is 0 Å². The highest BCUT2D eigenvalue weighted by atomic mass is 15.3. The molecule has 2 aromatic heterocycles. The van der Waals surface area contributed by atoms with E-state index in [-0.39, 0.29) is 0 Å². The zero-order valence-electron chi connectivity index (χ0n) is 10.5. The summed E-state index contributed by atoms with van der Waals surface area (Å²) in [6.07, 6.45) is 5.82. The SMILES string of the molecule is Cn1nc(C2CCNCC2)nc1-c1ccncc1. The summed E-state index contributed by atoms with van der Waals surface area (Å²) < 4.78 is 1.87. The Kier molecular flexibility index (Phi) is 3.06. The van der Waals surface area contributed by atoms with Crippen LogP contribution in [0.1, 0.15) is 24.6 Å². The summed E-state index contributed by atoms with van der Waals surface area (Å²) in [6.45, 7) is 2.13. The van der Waals surface area contributed by atoms with Crippen LogP contribution in [0.4, 0.5) is 0 Å². The van der Waals surface area contributed by atoms with Gasteiger partial charge in [0.1, 0.15) is 0 Å². The number of nitrogens with zero attached hydrogens (tertiary/aromatic N) is 4. The molecule has 0 aliphatic carbocycles. The summed E-state index contributed by atoms with van der Waals surface area (Å²) in [6, 6.07) is 3.94. The predicted octanol–water partition coefficient (Wildman–Crippen LogP) is 1.34. The molecule has 3 rings (SSSR count). The van der Waals surface area contributed by atoms with E-state index in [0.29, 0.717) is 5.92 Å². The van der Waals surface area contributed by atoms with E-state index < -0.39 is 0 Å². The van der Waals surface area contributed by atoms with E-state index in [1.54, 1.807) is 12.4 Å². The number of hydrogen-bond donors (Lipinski definition) is 1. The lowest BCUT2D eigenvalue weighted by molar-refractivity contribution is 0.443. The molecule has 0 aromatic carbocycles. The third-order valence-electron chi connectivity index (χ3n) is 3.42. The Balaban J connectivity index is 1.91. The van der Waals surface area contributed by atoms with Crippen molar-refractivity contribution < 1.29 is 0 Å². The Hall–Kier alpha value is -1.75. The van der Waals surface area contributed by atoms with Gasteiger partial charge in [-0.1, -0.05) is 0 Å². The van der Waals surface area contributed by atoms with Gasteiger partial charge in [0.15, 0.2) is 11.6 Å². The lowest BCUT2D eigenvalue weighted by Gasteiger charge is -2.19. The largest absolute Gasteiger partial charge is 0.317 e. The standard InChI is InChI=1S/C13H17N5/c1-18-13(11-4-8-15-9-5-11)16-12(17-18)10-2-6-14-7-3-10/h4-5,8-10,14H,2-3,6-7H2,1H3. The Labute approximate surface area is 106 Å². The maximum Gasteiger partial charge on any atom is 0.158 e. The van der Waals surface area contributed by atoms with Crippen LogP contribution in [0.5, 0.6) is 0 Å². The van der Waals surface area contributed by atoms with Gasteiger partial charge in [0.05, 0.1) is 0 Å². The van der Waals surface area contributed by atoms with Gasteiger partial charge in [-0.05, 0) is 38.1 Å². The van der Waals surface area contributed by atoms with E-state index in [9.17, 15) is 0 Å². The number of aromatic nitrogens is 4. The highest BCUT2D eigenvalue weighted by molar-refractivity contribution is 5.53. The summed E-state index contributed by atoms with van der Waals surface area (Å²) in [5.41, 5.74) is 1.07. The first-order valence-corrected chi connectivity index (χ1v) is 6.36. The number of nitrogens with one attached hydrogen (secondary N) is 1. The van der Waals surface area contributed by atoms with Crippen molar-refractivity contribution in [2.75, 3.05) is 13.1 Å². The van der Waals surface area contributed by atoms with Crippen molar-refractivity contribution in [2.24, 2.45) is 7.05 Å². The first kappa shape index (κ1) is 11.3. The van der Waals surface area contributed by atoms with Crippen LogP contribution in [-0.2, 0) is 7.05 Å². The summed E-state index contributed by atoms with van der Waals surface area (Å²) in [5.74, 6) is 2.39. The molecule has 1 aliphatic heterocycles. The molecule has 0 bridgehead atoms. The summed E-state index contributed by atoms with van der Waals surface area (Å²) in [5, 5.41) is 7.94. The van der Waals surface area contributed by atoms with E-state index in [1.165, 1.54) is 0 Å². The molecule has 1 saturated heterocycles. The Morgan fingerprint density at radius 1 is 1.22 bits per heavy atom. The Morgan fingerprint density at radius 3 is 2.67 bits per heavy atom. The van der Waals surface area contributed by atoms with Crippen LogP contribution in [0.3, 0.4) is 0 Å². The molecule has 94 valence electrons. The van der Waals surface area contributed by atoms with Crippen molar-refractivity contribution in [1.82, 2.24) is 25.1 Å². The molecule has 0 amide bonds. The van der Waals surface area contributed by atoms with Gasteiger partial charge in [0.2, 0.25) is 0 Å². The molecule has 1 aliphatic rings. The average Bonchev–Trinajstić information content (AvgIpc) is 2.83. The molecule has 0 radical (unpaired) electrons. The maximum absolute atomic E-state index is 4.70. The van der Waals surface area contributed by atoms with E-state index in [1.807, 2.05) is 23.9 Å². The van der Waals surface area contributed by atoms with Crippen molar-refractivity contribution in [3.63, 3.8) is 0 Å². The van der Waals surface area contributed by atoms with Crippen LogP contribution < -0.4 is 5.32 Å². The smallest absolute Gasteiger partial charge is 0.158 e. The molecule has 0 atom stereocenters. The number of hydrogen-bond acceptors (Lipinski definition) is 4. The first-order valence-electron chi connectivity index (χ1n) is 6.36. The zero-order valence-corrected chi connectivity index (χ0v) is 10.5. The highest BCUT2D eigenvalue weighted by Crippen LogP contribution is 2.24. The topological polar surface area (TPSA) is 55.6 Å². The second kappa shape index (κ2) is 4.86. The van der Waals surface area contributed by atoms with Gasteiger partial charge in [-0.15, -0.1) is 0 Å². The molecule has 0 saturated carbocycles. The van der Waals surface area contributed by atoms with Crippen molar-refractivity contribution in [3.8, 4) is 11.4 Å². The minimum atomic E-state index is 0.494. The molecule has 2 aromatic rings. The van der Waals surface area contributed by atoms with Crippen molar-refractivity contribution in [3.05, 3.63) is 30.4 Å². The normalized spacial score (nSPS) is 16.9. The molecule has 0 spiro atoms. The van der Waals surface area contributed by atoms with E-state index in [4.69, 9.17) is 4.98 Å². The number of pyridine rings is 1. The predicted molar refractivity (Wildman–Crippen MR) is 69.1 cm³/mol. The quantitative estimate of drug-likeness (QED) is 0.865. The molecule has 18 heavy (non-hydrogen) atoms. The summed E-state index contributed by atoms with van der Waals surface area (Å²) in [4.78, 5) is 8.73. The summed E-state index contributed by atoms with van der Waals surface area (Å²) >= 11 is 0. The maximum atomic E-state index is 4.70. The molecule has 1 fully saturated rings. The lowest BCUT2D eigenvalue weighted by atomic mass is 9.98. The second-order valence-corrected chi connectivity index (χ2v) is 4.68. The fourth-order valence-corrected chi connectivity index (χ4v) is 2.41. The van der Waals surface area contributed by atoms with Gasteiger partial charge in [-0.2, -0.15) is 5.10 Å². The Morgan fingerprint density at radius 2 is 1.94 bits per heavy atom. The van der Waals surface area contributed by atoms with Crippen molar-refractivity contribution in [2.45, 2.75) is 18.8 Å². The zero-order chi connectivity index (χ0) is 12.4. The van der Waals surface area contributed by atoms with Gasteiger partial charge < -0.3 is 5.32 Å². The summed E-state index contributed by atoms with van der Waals surface area (Å²) in [7, 11) is 1.95. The van der Waals surface area contributed by atoms with Crippen LogP contribution >= 0.6 is 0 Å². The first-order chi connectivity index (χ1) is 8.84. The number of aryl methyl sites for hydroxylation is 1. The van der Waals surface area contributed by atoms with Crippen LogP contribution in [0, 0.1) is 0 Å². The molecule has 5 heteroatoms. The van der Waals surface area contributed by atoms with Crippen LogP contribution in [0.15, 0.2) is 24.5 Å². The number of piperidine rings is 1. The minimum absolute atomic E-state index is 0.494. The monoisotopic (exact) mass is 243 g/mol. The third kappa shape index (κ3) is 2.13. The molecular formula is C13H17N5. The lowest BCUT2D eigenvalue weighted by Crippen LogP contribution is -2.27. The van der Waals surface area contributed by atoms with Gasteiger partial charge in [-0.3, -0.25) is 4.98 Å². The minimum Gasteiger partial charge on any atom is -0.317 e. The highest BCUT2D eigenvalue weighted by Gasteiger charge is 2.20. The average molecular weight is 243 g/mol. The van der Waals surface area contributed by atoms with Gasteiger partial charge in [0.25, 0.3) is 0 Å². The fraction of sp³-hybridized carbons (Fsp3) is 0.462.